The third kappa shape index (κ3) is 6.08. The molecule has 0 aliphatic rings. The molecule has 32 heavy (non-hydrogen) atoms. The van der Waals surface area contributed by atoms with Crippen LogP contribution in [0.15, 0.2) is 91.5 Å². The van der Waals surface area contributed by atoms with Gasteiger partial charge in [-0.1, -0.05) is 105 Å². The van der Waals surface area contributed by atoms with Crippen molar-refractivity contribution in [3.05, 3.63) is 114 Å². The van der Waals surface area contributed by atoms with Crippen LogP contribution in [-0.2, 0) is 9.59 Å². The quantitative estimate of drug-likeness (QED) is 0.445. The fraction of sp³-hybridized carbons (Fsp3) is 0.185. The van der Waals surface area contributed by atoms with E-state index in [0.717, 1.165) is 16.7 Å². The van der Waals surface area contributed by atoms with Crippen molar-refractivity contribution in [2.24, 2.45) is 0 Å². The van der Waals surface area contributed by atoms with Crippen molar-refractivity contribution in [1.82, 2.24) is 16.2 Å². The van der Waals surface area contributed by atoms with E-state index in [9.17, 15) is 9.59 Å². The van der Waals surface area contributed by atoms with Gasteiger partial charge in [0.2, 0.25) is 5.91 Å². The maximum absolute atomic E-state index is 13.0. The van der Waals surface area contributed by atoms with Crippen LogP contribution in [0.1, 0.15) is 47.9 Å². The molecule has 3 aromatic carbocycles. The van der Waals surface area contributed by atoms with Gasteiger partial charge in [0.05, 0.1) is 18.2 Å². The molecule has 0 heterocycles. The van der Waals surface area contributed by atoms with Gasteiger partial charge < -0.3 is 5.32 Å². The van der Waals surface area contributed by atoms with Crippen LogP contribution in [0.5, 0.6) is 0 Å². The molecule has 0 aliphatic heterocycles. The second-order valence-corrected chi connectivity index (χ2v) is 7.90. The summed E-state index contributed by atoms with van der Waals surface area (Å²) in [5.74, 6) is -0.643. The number of rotatable bonds is 9. The van der Waals surface area contributed by atoms with E-state index in [2.05, 4.69) is 36.6 Å². The first-order chi connectivity index (χ1) is 15.5. The minimum atomic E-state index is -0.493. The molecule has 3 aromatic rings. The summed E-state index contributed by atoms with van der Waals surface area (Å²) in [7, 11) is 0. The summed E-state index contributed by atoms with van der Waals surface area (Å²) in [5.41, 5.74) is 9.84. The third-order valence-corrected chi connectivity index (χ3v) is 5.23. The van der Waals surface area contributed by atoms with Crippen molar-refractivity contribution < 1.29 is 9.59 Å². The summed E-state index contributed by atoms with van der Waals surface area (Å²) in [5, 5.41) is 2.74. The van der Waals surface area contributed by atoms with Crippen LogP contribution >= 0.6 is 0 Å². The molecular weight excluding hydrogens is 398 g/mol. The first-order valence-electron chi connectivity index (χ1n) is 10.7. The van der Waals surface area contributed by atoms with E-state index >= 15 is 0 Å². The lowest BCUT2D eigenvalue weighted by Crippen LogP contribution is -2.44. The van der Waals surface area contributed by atoms with Crippen LogP contribution in [0.4, 0.5) is 0 Å². The fourth-order valence-corrected chi connectivity index (χ4v) is 3.39. The highest BCUT2D eigenvalue weighted by Crippen LogP contribution is 2.24. The number of hydrogen-bond donors (Lipinski definition) is 3. The van der Waals surface area contributed by atoms with Crippen LogP contribution in [0.25, 0.3) is 5.70 Å². The Morgan fingerprint density at radius 1 is 0.750 bits per heavy atom. The molecule has 0 radical (unpaired) electrons. The van der Waals surface area contributed by atoms with Crippen molar-refractivity contribution in [3.8, 4) is 0 Å². The molecule has 0 spiro atoms. The zero-order valence-electron chi connectivity index (χ0n) is 18.5. The first-order valence-corrected chi connectivity index (χ1v) is 10.7. The highest BCUT2D eigenvalue weighted by atomic mass is 16.2. The number of amides is 2. The second kappa shape index (κ2) is 11.0. The van der Waals surface area contributed by atoms with E-state index in [1.54, 1.807) is 0 Å². The van der Waals surface area contributed by atoms with Gasteiger partial charge in [-0.2, -0.15) is 0 Å². The molecule has 0 saturated heterocycles. The molecule has 5 heteroatoms. The van der Waals surface area contributed by atoms with Gasteiger partial charge in [0.15, 0.2) is 0 Å². The van der Waals surface area contributed by atoms with Gasteiger partial charge in [0.1, 0.15) is 0 Å². The zero-order chi connectivity index (χ0) is 22.9. The number of benzene rings is 3. The molecule has 2 amide bonds. The maximum Gasteiger partial charge on any atom is 0.257 e. The van der Waals surface area contributed by atoms with E-state index in [4.69, 9.17) is 0 Å². The number of nitrogens with one attached hydrogen (secondary N) is 3. The van der Waals surface area contributed by atoms with Crippen LogP contribution in [-0.4, -0.2) is 18.4 Å². The van der Waals surface area contributed by atoms with Crippen molar-refractivity contribution in [1.29, 1.82) is 0 Å². The fourth-order valence-electron chi connectivity index (χ4n) is 3.39. The van der Waals surface area contributed by atoms with E-state index in [1.165, 1.54) is 5.56 Å². The Kier molecular flexibility index (Phi) is 7.81. The van der Waals surface area contributed by atoms with E-state index < -0.39 is 5.92 Å². The Morgan fingerprint density at radius 2 is 1.28 bits per heavy atom. The SMILES string of the molecule is C=C(NNC(=O)CNC(=O)C(c1ccccc1)c1ccccc1)c1ccc(C(C)C)cc1. The van der Waals surface area contributed by atoms with Crippen LogP contribution in [0, 0.1) is 0 Å². The van der Waals surface area contributed by atoms with Crippen LogP contribution in [0.3, 0.4) is 0 Å². The monoisotopic (exact) mass is 427 g/mol. The minimum absolute atomic E-state index is 0.151. The first kappa shape index (κ1) is 22.8. The highest BCUT2D eigenvalue weighted by Gasteiger charge is 2.22. The van der Waals surface area contributed by atoms with Crippen molar-refractivity contribution in [2.75, 3.05) is 6.54 Å². The van der Waals surface area contributed by atoms with Crippen LogP contribution < -0.4 is 16.2 Å². The number of hydrogen-bond acceptors (Lipinski definition) is 3. The summed E-state index contributed by atoms with van der Waals surface area (Å²) < 4.78 is 0. The average Bonchev–Trinajstić information content (AvgIpc) is 2.82. The largest absolute Gasteiger partial charge is 0.346 e. The maximum atomic E-state index is 13.0. The van der Waals surface area contributed by atoms with Crippen molar-refractivity contribution >= 4 is 17.5 Å². The average molecular weight is 428 g/mol. The molecule has 0 aromatic heterocycles. The standard InChI is InChI=1S/C27H29N3O2/c1-19(2)21-14-16-22(17-15-21)20(3)29-30-25(31)18-28-27(32)26(23-10-6-4-7-11-23)24-12-8-5-9-13-24/h4-17,19,26,29H,3,18H2,1-2H3,(H,28,32)(H,30,31). The summed E-state index contributed by atoms with van der Waals surface area (Å²) in [4.78, 5) is 25.3. The van der Waals surface area contributed by atoms with E-state index in [1.807, 2.05) is 84.9 Å². The second-order valence-electron chi connectivity index (χ2n) is 7.90. The summed E-state index contributed by atoms with van der Waals surface area (Å²) in [6, 6.07) is 27.1. The lowest BCUT2D eigenvalue weighted by atomic mass is 9.90. The summed E-state index contributed by atoms with van der Waals surface area (Å²) in [6.45, 7) is 8.08. The molecule has 164 valence electrons. The lowest BCUT2D eigenvalue weighted by molar-refractivity contribution is -0.126. The number of carbonyl (C=O) groups is 2. The number of hydrazine groups is 1. The summed E-state index contributed by atoms with van der Waals surface area (Å²) >= 11 is 0. The van der Waals surface area contributed by atoms with Gasteiger partial charge in [-0.25, -0.2) is 0 Å². The molecule has 3 rings (SSSR count). The predicted octanol–water partition coefficient (Wildman–Crippen LogP) is 4.35. The molecule has 0 saturated carbocycles. The van der Waals surface area contributed by atoms with Gasteiger partial charge in [0, 0.05) is 0 Å². The molecule has 5 nitrogen and oxygen atoms in total. The molecule has 0 unspecified atom stereocenters. The van der Waals surface area contributed by atoms with E-state index in [0.29, 0.717) is 11.6 Å². The highest BCUT2D eigenvalue weighted by molar-refractivity contribution is 5.90. The van der Waals surface area contributed by atoms with Crippen molar-refractivity contribution in [3.63, 3.8) is 0 Å². The third-order valence-electron chi connectivity index (χ3n) is 5.23. The summed E-state index contributed by atoms with van der Waals surface area (Å²) in [6.07, 6.45) is 0. The molecule has 0 atom stereocenters. The van der Waals surface area contributed by atoms with Crippen molar-refractivity contribution in [2.45, 2.75) is 25.7 Å². The molecule has 3 N–H and O–H groups in total. The van der Waals surface area contributed by atoms with Gasteiger partial charge in [-0.3, -0.25) is 20.4 Å². The smallest absolute Gasteiger partial charge is 0.257 e. The predicted molar refractivity (Wildman–Crippen MR) is 129 cm³/mol. The molecule has 0 aliphatic carbocycles. The molecule has 0 fully saturated rings. The Bertz CT molecular complexity index is 1010. The van der Waals surface area contributed by atoms with Gasteiger partial charge in [0.25, 0.3) is 5.91 Å². The van der Waals surface area contributed by atoms with Gasteiger partial charge in [-0.05, 0) is 28.2 Å². The molecular formula is C27H29N3O2. The number of carbonyl (C=O) groups excluding carboxylic acids is 2. The Morgan fingerprint density at radius 3 is 1.78 bits per heavy atom. The zero-order valence-corrected chi connectivity index (χ0v) is 18.5. The Hall–Kier alpha value is -3.86. The topological polar surface area (TPSA) is 70.2 Å². The normalized spacial score (nSPS) is 10.6. The van der Waals surface area contributed by atoms with E-state index in [-0.39, 0.29) is 18.4 Å². The lowest BCUT2D eigenvalue weighted by Gasteiger charge is -2.18. The van der Waals surface area contributed by atoms with Gasteiger partial charge >= 0.3 is 0 Å². The molecule has 0 bridgehead atoms. The van der Waals surface area contributed by atoms with Gasteiger partial charge in [-0.15, -0.1) is 0 Å². The Labute approximate surface area is 189 Å². The Balaban J connectivity index is 1.56. The van der Waals surface area contributed by atoms with Crippen LogP contribution in [0.2, 0.25) is 0 Å². The minimum Gasteiger partial charge on any atom is -0.346 e.